The summed E-state index contributed by atoms with van der Waals surface area (Å²) >= 11 is 0. The first kappa shape index (κ1) is 22.6. The average molecular weight is 485 g/mol. The van der Waals surface area contributed by atoms with Crippen molar-refractivity contribution in [2.75, 3.05) is 18.4 Å². The van der Waals surface area contributed by atoms with E-state index in [9.17, 15) is 4.39 Å². The van der Waals surface area contributed by atoms with E-state index in [0.29, 0.717) is 18.6 Å². The Morgan fingerprint density at radius 2 is 1.89 bits per heavy atom. The predicted octanol–water partition coefficient (Wildman–Crippen LogP) is 4.19. The van der Waals surface area contributed by atoms with Crippen molar-refractivity contribution in [1.29, 1.82) is 0 Å². The van der Waals surface area contributed by atoms with Gasteiger partial charge in [0.25, 0.3) is 0 Å². The SMILES string of the molecule is CC1CN(Cc2ccn3ncnc(Nc4ccc5c(cnn5Cc5cccc(F)c5)c4)c23)CC(C)N1. The van der Waals surface area contributed by atoms with E-state index in [1.54, 1.807) is 18.5 Å². The molecule has 0 saturated carbocycles. The van der Waals surface area contributed by atoms with E-state index in [-0.39, 0.29) is 5.82 Å². The van der Waals surface area contributed by atoms with Gasteiger partial charge in [-0.05, 0) is 61.4 Å². The van der Waals surface area contributed by atoms with Gasteiger partial charge in [-0.25, -0.2) is 13.9 Å². The monoisotopic (exact) mass is 484 g/mol. The van der Waals surface area contributed by atoms with Crippen molar-refractivity contribution >= 4 is 27.9 Å². The van der Waals surface area contributed by atoms with E-state index in [4.69, 9.17) is 0 Å². The average Bonchev–Trinajstić information content (AvgIpc) is 3.43. The van der Waals surface area contributed by atoms with Gasteiger partial charge < -0.3 is 10.6 Å². The Hall–Kier alpha value is -3.82. The molecule has 1 aliphatic heterocycles. The maximum absolute atomic E-state index is 13.6. The van der Waals surface area contributed by atoms with Crippen LogP contribution in [0.25, 0.3) is 16.4 Å². The van der Waals surface area contributed by atoms with Gasteiger partial charge in [0.2, 0.25) is 0 Å². The van der Waals surface area contributed by atoms with Crippen molar-refractivity contribution in [2.24, 2.45) is 0 Å². The molecule has 2 aromatic carbocycles. The van der Waals surface area contributed by atoms with Crippen LogP contribution in [0.2, 0.25) is 0 Å². The Labute approximate surface area is 208 Å². The summed E-state index contributed by atoms with van der Waals surface area (Å²) in [6, 6.07) is 15.8. The summed E-state index contributed by atoms with van der Waals surface area (Å²) in [6.45, 7) is 7.83. The molecule has 2 atom stereocenters. The number of aromatic nitrogens is 5. The maximum Gasteiger partial charge on any atom is 0.158 e. The molecular weight excluding hydrogens is 455 g/mol. The van der Waals surface area contributed by atoms with Gasteiger partial charge in [0.15, 0.2) is 5.82 Å². The van der Waals surface area contributed by atoms with E-state index in [2.05, 4.69) is 56.7 Å². The molecule has 1 aliphatic rings. The van der Waals surface area contributed by atoms with Gasteiger partial charge in [0.1, 0.15) is 17.7 Å². The van der Waals surface area contributed by atoms with Crippen molar-refractivity contribution in [1.82, 2.24) is 34.6 Å². The van der Waals surface area contributed by atoms with Crippen LogP contribution >= 0.6 is 0 Å². The molecule has 5 aromatic rings. The van der Waals surface area contributed by atoms with Gasteiger partial charge in [0.05, 0.1) is 18.3 Å². The molecule has 2 N–H and O–H groups in total. The fraction of sp³-hybridized carbons (Fsp3) is 0.296. The number of halogens is 1. The summed E-state index contributed by atoms with van der Waals surface area (Å²) in [5.74, 6) is 0.532. The third-order valence-corrected chi connectivity index (χ3v) is 6.69. The second kappa shape index (κ2) is 9.33. The lowest BCUT2D eigenvalue weighted by Gasteiger charge is -2.36. The van der Waals surface area contributed by atoms with Gasteiger partial charge in [-0.15, -0.1) is 0 Å². The zero-order chi connectivity index (χ0) is 24.6. The number of hydrogen-bond donors (Lipinski definition) is 2. The van der Waals surface area contributed by atoms with Crippen LogP contribution in [-0.4, -0.2) is 54.5 Å². The topological polar surface area (TPSA) is 75.3 Å². The van der Waals surface area contributed by atoms with Crippen LogP contribution in [0.4, 0.5) is 15.9 Å². The van der Waals surface area contributed by atoms with E-state index >= 15 is 0 Å². The molecule has 0 aliphatic carbocycles. The molecule has 9 heteroatoms. The number of rotatable bonds is 6. The smallest absolute Gasteiger partial charge is 0.158 e. The summed E-state index contributed by atoms with van der Waals surface area (Å²) in [5, 5.41) is 17.0. The number of nitrogens with one attached hydrogen (secondary N) is 2. The Balaban J connectivity index is 1.26. The predicted molar refractivity (Wildman–Crippen MR) is 139 cm³/mol. The zero-order valence-electron chi connectivity index (χ0n) is 20.4. The summed E-state index contributed by atoms with van der Waals surface area (Å²) in [6.07, 6.45) is 5.40. The van der Waals surface area contributed by atoms with Gasteiger partial charge in [-0.2, -0.15) is 10.2 Å². The first-order chi connectivity index (χ1) is 17.5. The molecule has 0 amide bonds. The van der Waals surface area contributed by atoms with Gasteiger partial charge in [-0.1, -0.05) is 12.1 Å². The molecule has 8 nitrogen and oxygen atoms in total. The Kier molecular flexibility index (Phi) is 5.86. The van der Waals surface area contributed by atoms with Crippen LogP contribution in [0.3, 0.4) is 0 Å². The molecule has 3 aromatic heterocycles. The summed E-state index contributed by atoms with van der Waals surface area (Å²) in [7, 11) is 0. The number of hydrogen-bond acceptors (Lipinski definition) is 6. The van der Waals surface area contributed by atoms with Crippen molar-refractivity contribution in [3.63, 3.8) is 0 Å². The second-order valence-corrected chi connectivity index (χ2v) is 9.74. The molecule has 0 radical (unpaired) electrons. The van der Waals surface area contributed by atoms with E-state index in [1.165, 1.54) is 11.6 Å². The summed E-state index contributed by atoms with van der Waals surface area (Å²) < 4.78 is 17.4. The maximum atomic E-state index is 13.6. The molecule has 36 heavy (non-hydrogen) atoms. The van der Waals surface area contributed by atoms with Gasteiger partial charge in [0, 0.05) is 49.0 Å². The van der Waals surface area contributed by atoms with Gasteiger partial charge in [-0.3, -0.25) is 9.58 Å². The van der Waals surface area contributed by atoms with E-state index < -0.39 is 0 Å². The van der Waals surface area contributed by atoms with Crippen LogP contribution < -0.4 is 10.6 Å². The molecule has 6 rings (SSSR count). The van der Waals surface area contributed by atoms with Crippen LogP contribution in [0.5, 0.6) is 0 Å². The molecule has 1 saturated heterocycles. The number of anilines is 2. The fourth-order valence-corrected chi connectivity index (χ4v) is 5.28. The zero-order valence-corrected chi connectivity index (χ0v) is 20.4. The number of benzene rings is 2. The number of fused-ring (bicyclic) bond motifs is 2. The minimum atomic E-state index is -0.239. The van der Waals surface area contributed by atoms with Crippen molar-refractivity contribution in [3.8, 4) is 0 Å². The molecule has 2 unspecified atom stereocenters. The fourth-order valence-electron chi connectivity index (χ4n) is 5.28. The molecule has 1 fully saturated rings. The van der Waals surface area contributed by atoms with Crippen molar-refractivity contribution in [2.45, 2.75) is 39.0 Å². The highest BCUT2D eigenvalue weighted by Gasteiger charge is 2.22. The van der Waals surface area contributed by atoms with Gasteiger partial charge >= 0.3 is 0 Å². The Morgan fingerprint density at radius 1 is 1.03 bits per heavy atom. The van der Waals surface area contributed by atoms with Crippen LogP contribution in [0.15, 0.2) is 67.3 Å². The third kappa shape index (κ3) is 4.55. The highest BCUT2D eigenvalue weighted by molar-refractivity contribution is 5.85. The highest BCUT2D eigenvalue weighted by atomic mass is 19.1. The summed E-state index contributed by atoms with van der Waals surface area (Å²) in [5.41, 5.74) is 4.97. The van der Waals surface area contributed by atoms with Crippen LogP contribution in [0, 0.1) is 5.82 Å². The van der Waals surface area contributed by atoms with Crippen LogP contribution in [0.1, 0.15) is 25.0 Å². The van der Waals surface area contributed by atoms with Crippen molar-refractivity contribution < 1.29 is 4.39 Å². The van der Waals surface area contributed by atoms with Crippen LogP contribution in [-0.2, 0) is 13.1 Å². The Morgan fingerprint density at radius 3 is 2.72 bits per heavy atom. The highest BCUT2D eigenvalue weighted by Crippen LogP contribution is 2.27. The quantitative estimate of drug-likeness (QED) is 0.376. The minimum Gasteiger partial charge on any atom is -0.338 e. The minimum absolute atomic E-state index is 0.239. The lowest BCUT2D eigenvalue weighted by atomic mass is 10.1. The largest absolute Gasteiger partial charge is 0.338 e. The lowest BCUT2D eigenvalue weighted by Crippen LogP contribution is -2.53. The normalized spacial score (nSPS) is 18.8. The van der Waals surface area contributed by atoms with E-state index in [0.717, 1.165) is 53.1 Å². The molecule has 0 spiro atoms. The Bertz CT molecular complexity index is 1510. The molecule has 4 heterocycles. The summed E-state index contributed by atoms with van der Waals surface area (Å²) in [4.78, 5) is 7.06. The lowest BCUT2D eigenvalue weighted by molar-refractivity contribution is 0.167. The molecule has 0 bridgehead atoms. The molecular formula is C27H29FN8. The number of nitrogens with zero attached hydrogens (tertiary/aromatic N) is 6. The first-order valence-corrected chi connectivity index (χ1v) is 12.3. The number of piperazine rings is 1. The van der Waals surface area contributed by atoms with Crippen molar-refractivity contribution in [3.05, 3.63) is 84.2 Å². The third-order valence-electron chi connectivity index (χ3n) is 6.69. The molecule has 184 valence electrons. The second-order valence-electron chi connectivity index (χ2n) is 9.74. The first-order valence-electron chi connectivity index (χ1n) is 12.3. The van der Waals surface area contributed by atoms with E-state index in [1.807, 2.05) is 39.8 Å². The standard InChI is InChI=1S/C27H29FN8/c1-18-13-34(14-19(2)32-18)16-21-8-9-35-26(21)27(29-17-31-35)33-24-6-7-25-22(11-24)12-30-36(25)15-20-4-3-5-23(28)10-20/h3-12,17-19,32H,13-16H2,1-2H3,(H,29,31,33).